The molecule has 3 aromatic rings. The van der Waals surface area contributed by atoms with E-state index in [1.165, 1.54) is 0 Å². The molecule has 2 atom stereocenters. The highest BCUT2D eigenvalue weighted by molar-refractivity contribution is 5.83. The first-order valence-corrected chi connectivity index (χ1v) is 13.4. The third-order valence-electron chi connectivity index (χ3n) is 6.63. The Hall–Kier alpha value is -3.39. The molecule has 0 spiro atoms. The maximum Gasteiger partial charge on any atom is 0.414 e. The van der Waals surface area contributed by atoms with Gasteiger partial charge in [-0.25, -0.2) is 4.98 Å². The van der Waals surface area contributed by atoms with E-state index in [4.69, 9.17) is 14.6 Å². The van der Waals surface area contributed by atoms with Crippen molar-refractivity contribution in [3.63, 3.8) is 0 Å². The molecule has 0 saturated heterocycles. The lowest BCUT2D eigenvalue weighted by atomic mass is 9.86. The number of benzene rings is 2. The van der Waals surface area contributed by atoms with E-state index in [0.717, 1.165) is 47.6 Å². The molecular weight excluding hydrogens is 507 g/mol. The van der Waals surface area contributed by atoms with Gasteiger partial charge in [-0.05, 0) is 66.8 Å². The fourth-order valence-corrected chi connectivity index (χ4v) is 4.33. The van der Waals surface area contributed by atoms with Crippen LogP contribution >= 0.6 is 0 Å². The molecule has 8 heteroatoms. The number of carbonyl (C=O) groups is 1. The number of ether oxygens (including phenoxy) is 2. The second kappa shape index (κ2) is 14.7. The van der Waals surface area contributed by atoms with Crippen LogP contribution in [0, 0.1) is 0 Å². The van der Waals surface area contributed by atoms with Gasteiger partial charge >= 0.3 is 12.1 Å². The molecular formula is C31H36F3NO4. The molecule has 1 aromatic heterocycles. The molecule has 0 fully saturated rings. The summed E-state index contributed by atoms with van der Waals surface area (Å²) in [6.07, 6.45) is -1.29. The first kappa shape index (κ1) is 30.2. The Morgan fingerprint density at radius 2 is 1.72 bits per heavy atom. The number of halogens is 3. The molecule has 3 rings (SSSR count). The summed E-state index contributed by atoms with van der Waals surface area (Å²) in [6, 6.07) is 19.7. The normalized spacial score (nSPS) is 13.2. The smallest absolute Gasteiger partial charge is 0.414 e. The Bertz CT molecular complexity index is 1170. The van der Waals surface area contributed by atoms with Crippen LogP contribution < -0.4 is 4.74 Å². The average molecular weight is 544 g/mol. The van der Waals surface area contributed by atoms with Crippen molar-refractivity contribution in [2.45, 2.75) is 70.6 Å². The van der Waals surface area contributed by atoms with Gasteiger partial charge in [0, 0.05) is 30.9 Å². The molecule has 0 saturated carbocycles. The Balaban J connectivity index is 1.92. The van der Waals surface area contributed by atoms with Gasteiger partial charge in [0.05, 0.1) is 6.61 Å². The van der Waals surface area contributed by atoms with E-state index in [0.29, 0.717) is 31.7 Å². The van der Waals surface area contributed by atoms with Crippen molar-refractivity contribution in [3.05, 3.63) is 72.4 Å². The van der Waals surface area contributed by atoms with Crippen LogP contribution in [0.2, 0.25) is 0 Å². The lowest BCUT2D eigenvalue weighted by Gasteiger charge is -2.22. The average Bonchev–Trinajstić information content (AvgIpc) is 2.92. The standard InChI is InChI=1S/C31H36F3NO4/c1-3-4-18-39-29-16-14-26(21-35-29)28-20-25(13-15-27(28)24-9-6-5-7-10-24)23(11-8-12-30(36)37)17-19-38-22(2)31(32,33)34/h5-7,9-10,13-16,20-23H,3-4,8,11-12,17-19H2,1-2H3,(H,36,37). The number of nitrogens with zero attached hydrogens (tertiary/aromatic N) is 1. The van der Waals surface area contributed by atoms with Crippen molar-refractivity contribution in [1.82, 2.24) is 4.98 Å². The molecule has 5 nitrogen and oxygen atoms in total. The van der Waals surface area contributed by atoms with Crippen LogP contribution in [0.1, 0.15) is 63.9 Å². The van der Waals surface area contributed by atoms with Crippen molar-refractivity contribution >= 4 is 5.97 Å². The van der Waals surface area contributed by atoms with Crippen molar-refractivity contribution in [2.24, 2.45) is 0 Å². The molecule has 0 bridgehead atoms. The molecule has 0 aliphatic heterocycles. The maximum absolute atomic E-state index is 12.9. The number of carboxylic acids is 1. The fourth-order valence-electron chi connectivity index (χ4n) is 4.33. The van der Waals surface area contributed by atoms with Crippen molar-refractivity contribution in [1.29, 1.82) is 0 Å². The molecule has 0 aliphatic rings. The van der Waals surface area contributed by atoms with Crippen LogP contribution in [0.4, 0.5) is 13.2 Å². The number of aliphatic carboxylic acids is 1. The Morgan fingerprint density at radius 3 is 2.36 bits per heavy atom. The van der Waals surface area contributed by atoms with E-state index in [2.05, 4.69) is 11.9 Å². The molecule has 0 aliphatic carbocycles. The van der Waals surface area contributed by atoms with E-state index in [-0.39, 0.29) is 18.9 Å². The van der Waals surface area contributed by atoms with E-state index < -0.39 is 18.2 Å². The van der Waals surface area contributed by atoms with Gasteiger partial charge in [0.1, 0.15) is 0 Å². The molecule has 2 aromatic carbocycles. The summed E-state index contributed by atoms with van der Waals surface area (Å²) in [6.45, 7) is 3.60. The van der Waals surface area contributed by atoms with E-state index >= 15 is 0 Å². The quantitative estimate of drug-likeness (QED) is 0.195. The minimum absolute atomic E-state index is 0.00528. The van der Waals surface area contributed by atoms with Crippen LogP contribution in [0.3, 0.4) is 0 Å². The van der Waals surface area contributed by atoms with Crippen LogP contribution in [-0.4, -0.2) is 41.6 Å². The van der Waals surface area contributed by atoms with Crippen molar-refractivity contribution in [3.8, 4) is 28.1 Å². The van der Waals surface area contributed by atoms with Crippen LogP contribution in [0.15, 0.2) is 66.9 Å². The first-order chi connectivity index (χ1) is 18.7. The molecule has 1 heterocycles. The Morgan fingerprint density at radius 1 is 0.949 bits per heavy atom. The summed E-state index contributed by atoms with van der Waals surface area (Å²) in [5.41, 5.74) is 4.74. The molecule has 0 amide bonds. The second-order valence-corrected chi connectivity index (χ2v) is 9.58. The minimum Gasteiger partial charge on any atom is -0.481 e. The zero-order valence-corrected chi connectivity index (χ0v) is 22.4. The lowest BCUT2D eigenvalue weighted by Crippen LogP contribution is -2.29. The number of carboxylic acid groups (broad SMARTS) is 1. The summed E-state index contributed by atoms with van der Waals surface area (Å²) in [5, 5.41) is 9.11. The lowest BCUT2D eigenvalue weighted by molar-refractivity contribution is -0.214. The van der Waals surface area contributed by atoms with Gasteiger partial charge in [0.25, 0.3) is 0 Å². The van der Waals surface area contributed by atoms with Crippen LogP contribution in [-0.2, 0) is 9.53 Å². The zero-order valence-electron chi connectivity index (χ0n) is 22.4. The molecule has 1 N–H and O–H groups in total. The summed E-state index contributed by atoms with van der Waals surface area (Å²) >= 11 is 0. The predicted molar refractivity (Wildman–Crippen MR) is 146 cm³/mol. The number of rotatable bonds is 15. The van der Waals surface area contributed by atoms with Crippen LogP contribution in [0.5, 0.6) is 5.88 Å². The number of hydrogen-bond acceptors (Lipinski definition) is 4. The van der Waals surface area contributed by atoms with Gasteiger partial charge in [-0.2, -0.15) is 13.2 Å². The van der Waals surface area contributed by atoms with Gasteiger partial charge in [-0.1, -0.05) is 61.9 Å². The van der Waals surface area contributed by atoms with Gasteiger partial charge < -0.3 is 14.6 Å². The number of hydrogen-bond donors (Lipinski definition) is 1. The fraction of sp³-hybridized carbons (Fsp3) is 0.419. The Kier molecular flexibility index (Phi) is 11.3. The highest BCUT2D eigenvalue weighted by Gasteiger charge is 2.36. The molecule has 2 unspecified atom stereocenters. The predicted octanol–water partition coefficient (Wildman–Crippen LogP) is 8.29. The molecule has 39 heavy (non-hydrogen) atoms. The summed E-state index contributed by atoms with van der Waals surface area (Å²) in [4.78, 5) is 15.6. The number of alkyl halides is 3. The van der Waals surface area contributed by atoms with Gasteiger partial charge in [-0.3, -0.25) is 4.79 Å². The topological polar surface area (TPSA) is 68.7 Å². The summed E-state index contributed by atoms with van der Waals surface area (Å²) < 4.78 is 49.6. The first-order valence-electron chi connectivity index (χ1n) is 13.4. The number of unbranched alkanes of at least 4 members (excludes halogenated alkanes) is 1. The molecule has 210 valence electrons. The summed E-state index contributed by atoms with van der Waals surface area (Å²) in [5.74, 6) is -0.520. The molecule has 0 radical (unpaired) electrons. The largest absolute Gasteiger partial charge is 0.481 e. The highest BCUT2D eigenvalue weighted by Crippen LogP contribution is 2.37. The maximum atomic E-state index is 12.9. The number of aromatic nitrogens is 1. The van der Waals surface area contributed by atoms with Crippen molar-refractivity contribution in [2.75, 3.05) is 13.2 Å². The Labute approximate surface area is 228 Å². The second-order valence-electron chi connectivity index (χ2n) is 9.58. The summed E-state index contributed by atoms with van der Waals surface area (Å²) in [7, 11) is 0. The monoisotopic (exact) mass is 543 g/mol. The van der Waals surface area contributed by atoms with E-state index in [9.17, 15) is 18.0 Å². The number of pyridine rings is 1. The van der Waals surface area contributed by atoms with Gasteiger partial charge in [0.2, 0.25) is 5.88 Å². The third-order valence-corrected chi connectivity index (χ3v) is 6.63. The zero-order chi connectivity index (χ0) is 28.3. The van der Waals surface area contributed by atoms with Crippen LogP contribution in [0.25, 0.3) is 22.3 Å². The highest BCUT2D eigenvalue weighted by atomic mass is 19.4. The minimum atomic E-state index is -4.43. The van der Waals surface area contributed by atoms with Crippen molar-refractivity contribution < 1.29 is 32.5 Å². The van der Waals surface area contributed by atoms with Gasteiger partial charge in [-0.15, -0.1) is 0 Å². The SMILES string of the molecule is CCCCOc1ccc(-c2cc(C(CCCC(=O)O)CCOC(C)C(F)(F)F)ccc2-c2ccccc2)cn1. The third kappa shape index (κ3) is 9.39. The van der Waals surface area contributed by atoms with E-state index in [1.807, 2.05) is 60.7 Å². The van der Waals surface area contributed by atoms with E-state index in [1.54, 1.807) is 6.20 Å². The van der Waals surface area contributed by atoms with Gasteiger partial charge in [0.15, 0.2) is 6.10 Å².